The highest BCUT2D eigenvalue weighted by atomic mass is 19.1. The van der Waals surface area contributed by atoms with E-state index in [1.165, 1.54) is 23.1 Å². The van der Waals surface area contributed by atoms with E-state index in [1.54, 1.807) is 13.0 Å². The van der Waals surface area contributed by atoms with Crippen molar-refractivity contribution < 1.29 is 18.7 Å². The average molecular weight is 280 g/mol. The van der Waals surface area contributed by atoms with Crippen molar-refractivity contribution in [3.8, 4) is 0 Å². The normalized spacial score (nSPS) is 18.7. The molecule has 108 valence electrons. The third-order valence-electron chi connectivity index (χ3n) is 3.15. The SMILES string of the molecule is CCNC(=O)C1COCCN1C(=O)c1ccccc1F. The monoisotopic (exact) mass is 280 g/mol. The molecule has 2 amide bonds. The van der Waals surface area contributed by atoms with Gasteiger partial charge in [0.25, 0.3) is 5.91 Å². The lowest BCUT2D eigenvalue weighted by atomic mass is 10.1. The summed E-state index contributed by atoms with van der Waals surface area (Å²) in [6, 6.07) is 5.05. The molecular weight excluding hydrogens is 263 g/mol. The molecule has 0 bridgehead atoms. The first-order valence-corrected chi connectivity index (χ1v) is 6.56. The lowest BCUT2D eigenvalue weighted by molar-refractivity contribution is -0.130. The highest BCUT2D eigenvalue weighted by molar-refractivity contribution is 5.98. The molecular formula is C14H17FN2O3. The summed E-state index contributed by atoms with van der Waals surface area (Å²) in [5, 5.41) is 2.66. The Morgan fingerprint density at radius 2 is 2.20 bits per heavy atom. The molecule has 1 aromatic carbocycles. The van der Waals surface area contributed by atoms with Crippen LogP contribution in [-0.4, -0.2) is 49.1 Å². The van der Waals surface area contributed by atoms with Crippen LogP contribution in [0.5, 0.6) is 0 Å². The molecule has 1 atom stereocenters. The molecule has 1 unspecified atom stereocenters. The molecule has 1 aromatic rings. The molecule has 1 heterocycles. The van der Waals surface area contributed by atoms with Crippen molar-refractivity contribution in [2.45, 2.75) is 13.0 Å². The minimum Gasteiger partial charge on any atom is -0.377 e. The van der Waals surface area contributed by atoms with E-state index in [2.05, 4.69) is 5.32 Å². The third kappa shape index (κ3) is 2.96. The van der Waals surface area contributed by atoms with Crippen LogP contribution >= 0.6 is 0 Å². The fourth-order valence-corrected chi connectivity index (χ4v) is 2.15. The summed E-state index contributed by atoms with van der Waals surface area (Å²) in [5.74, 6) is -1.35. The number of hydrogen-bond donors (Lipinski definition) is 1. The van der Waals surface area contributed by atoms with E-state index in [0.29, 0.717) is 13.2 Å². The number of amides is 2. The van der Waals surface area contributed by atoms with Gasteiger partial charge in [0.1, 0.15) is 11.9 Å². The Hall–Kier alpha value is -1.95. The largest absolute Gasteiger partial charge is 0.377 e. The number of likely N-dealkylation sites (N-methyl/N-ethyl adjacent to an activating group) is 1. The Morgan fingerprint density at radius 1 is 1.45 bits per heavy atom. The van der Waals surface area contributed by atoms with Gasteiger partial charge in [-0.2, -0.15) is 0 Å². The van der Waals surface area contributed by atoms with E-state index >= 15 is 0 Å². The molecule has 0 aliphatic carbocycles. The van der Waals surface area contributed by atoms with Gasteiger partial charge in [-0.15, -0.1) is 0 Å². The van der Waals surface area contributed by atoms with Gasteiger partial charge in [0.15, 0.2) is 0 Å². The molecule has 0 spiro atoms. The third-order valence-corrected chi connectivity index (χ3v) is 3.15. The fraction of sp³-hybridized carbons (Fsp3) is 0.429. The van der Waals surface area contributed by atoms with Gasteiger partial charge in [0.2, 0.25) is 5.91 Å². The number of halogens is 1. The van der Waals surface area contributed by atoms with Crippen LogP contribution in [0, 0.1) is 5.82 Å². The molecule has 5 nitrogen and oxygen atoms in total. The summed E-state index contributed by atoms with van der Waals surface area (Å²) in [6.45, 7) is 3.01. The van der Waals surface area contributed by atoms with Crippen LogP contribution in [-0.2, 0) is 9.53 Å². The summed E-state index contributed by atoms with van der Waals surface area (Å²) >= 11 is 0. The smallest absolute Gasteiger partial charge is 0.257 e. The van der Waals surface area contributed by atoms with E-state index in [-0.39, 0.29) is 24.6 Å². The van der Waals surface area contributed by atoms with Crippen LogP contribution in [0.4, 0.5) is 4.39 Å². The minimum atomic E-state index is -0.712. The maximum atomic E-state index is 13.7. The molecule has 20 heavy (non-hydrogen) atoms. The zero-order chi connectivity index (χ0) is 14.5. The molecule has 1 aliphatic rings. The van der Waals surface area contributed by atoms with E-state index < -0.39 is 17.8 Å². The van der Waals surface area contributed by atoms with Crippen molar-refractivity contribution in [3.63, 3.8) is 0 Å². The molecule has 0 radical (unpaired) electrons. The van der Waals surface area contributed by atoms with Crippen LogP contribution in [0.1, 0.15) is 17.3 Å². The topological polar surface area (TPSA) is 58.6 Å². The molecule has 2 rings (SSSR count). The van der Waals surface area contributed by atoms with Gasteiger partial charge in [0.05, 0.1) is 18.8 Å². The number of benzene rings is 1. The molecule has 1 fully saturated rings. The molecule has 1 saturated heterocycles. The van der Waals surface area contributed by atoms with Crippen LogP contribution < -0.4 is 5.32 Å². The van der Waals surface area contributed by atoms with Crippen molar-refractivity contribution in [2.24, 2.45) is 0 Å². The Morgan fingerprint density at radius 3 is 2.90 bits per heavy atom. The minimum absolute atomic E-state index is 0.0244. The van der Waals surface area contributed by atoms with E-state index in [0.717, 1.165) is 0 Å². The lowest BCUT2D eigenvalue weighted by Crippen LogP contribution is -2.56. The van der Waals surface area contributed by atoms with E-state index in [9.17, 15) is 14.0 Å². The van der Waals surface area contributed by atoms with E-state index in [1.807, 2.05) is 0 Å². The van der Waals surface area contributed by atoms with Crippen molar-refractivity contribution in [1.82, 2.24) is 10.2 Å². The number of nitrogens with zero attached hydrogens (tertiary/aromatic N) is 1. The quantitative estimate of drug-likeness (QED) is 0.891. The number of carbonyl (C=O) groups is 2. The summed E-state index contributed by atoms with van der Waals surface area (Å²) in [6.07, 6.45) is 0. The highest BCUT2D eigenvalue weighted by Crippen LogP contribution is 2.15. The summed E-state index contributed by atoms with van der Waals surface area (Å²) in [5.41, 5.74) is -0.0244. The maximum absolute atomic E-state index is 13.7. The van der Waals surface area contributed by atoms with Crippen LogP contribution in [0.2, 0.25) is 0 Å². The number of ether oxygens (including phenoxy) is 1. The molecule has 6 heteroatoms. The lowest BCUT2D eigenvalue weighted by Gasteiger charge is -2.34. The second kappa shape index (κ2) is 6.47. The van der Waals surface area contributed by atoms with Crippen molar-refractivity contribution in [1.29, 1.82) is 0 Å². The second-order valence-corrected chi connectivity index (χ2v) is 4.46. The van der Waals surface area contributed by atoms with Gasteiger partial charge in [-0.3, -0.25) is 9.59 Å². The summed E-state index contributed by atoms with van der Waals surface area (Å²) in [7, 11) is 0. The van der Waals surface area contributed by atoms with Crippen molar-refractivity contribution in [2.75, 3.05) is 26.3 Å². The number of nitrogens with one attached hydrogen (secondary N) is 1. The number of carbonyl (C=O) groups excluding carboxylic acids is 2. The zero-order valence-corrected chi connectivity index (χ0v) is 11.3. The first-order valence-electron chi connectivity index (χ1n) is 6.56. The number of morpholine rings is 1. The van der Waals surface area contributed by atoms with Gasteiger partial charge >= 0.3 is 0 Å². The average Bonchev–Trinajstić information content (AvgIpc) is 2.47. The maximum Gasteiger partial charge on any atom is 0.257 e. The van der Waals surface area contributed by atoms with Gasteiger partial charge in [-0.05, 0) is 19.1 Å². The molecule has 1 aliphatic heterocycles. The number of rotatable bonds is 3. The van der Waals surface area contributed by atoms with Gasteiger partial charge in [-0.25, -0.2) is 4.39 Å². The first-order chi connectivity index (χ1) is 9.65. The summed E-state index contributed by atoms with van der Waals surface area (Å²) < 4.78 is 18.9. The summed E-state index contributed by atoms with van der Waals surface area (Å²) in [4.78, 5) is 25.7. The van der Waals surface area contributed by atoms with Crippen molar-refractivity contribution in [3.05, 3.63) is 35.6 Å². The Balaban J connectivity index is 2.22. The highest BCUT2D eigenvalue weighted by Gasteiger charge is 2.33. The molecule has 0 aromatic heterocycles. The first kappa shape index (κ1) is 14.5. The van der Waals surface area contributed by atoms with Crippen LogP contribution in [0.25, 0.3) is 0 Å². The van der Waals surface area contributed by atoms with Gasteiger partial charge < -0.3 is 15.0 Å². The van der Waals surface area contributed by atoms with Gasteiger partial charge in [-0.1, -0.05) is 12.1 Å². The second-order valence-electron chi connectivity index (χ2n) is 4.46. The predicted octanol–water partition coefficient (Wildman–Crippen LogP) is 0.803. The number of hydrogen-bond acceptors (Lipinski definition) is 3. The van der Waals surface area contributed by atoms with Crippen molar-refractivity contribution >= 4 is 11.8 Å². The van der Waals surface area contributed by atoms with Crippen LogP contribution in [0.15, 0.2) is 24.3 Å². The fourth-order valence-electron chi connectivity index (χ4n) is 2.15. The zero-order valence-electron chi connectivity index (χ0n) is 11.3. The predicted molar refractivity (Wildman–Crippen MR) is 70.7 cm³/mol. The Bertz CT molecular complexity index is 507. The Labute approximate surface area is 116 Å². The Kier molecular flexibility index (Phi) is 4.68. The molecule has 1 N–H and O–H groups in total. The molecule has 0 saturated carbocycles. The van der Waals surface area contributed by atoms with Gasteiger partial charge in [0, 0.05) is 13.1 Å². The van der Waals surface area contributed by atoms with Crippen LogP contribution in [0.3, 0.4) is 0 Å². The van der Waals surface area contributed by atoms with E-state index in [4.69, 9.17) is 4.74 Å². The standard InChI is InChI=1S/C14H17FN2O3/c1-2-16-13(18)12-9-20-8-7-17(12)14(19)10-5-3-4-6-11(10)15/h3-6,12H,2,7-9H2,1H3,(H,16,18).